The minimum atomic E-state index is -2.36. The Bertz CT molecular complexity index is 1980. The SMILES string of the molecule is CC(=O)OC[C@]12[C@@H](OC(C)=O)[C@H](OC(=O)c3ccccc3)[C@@H]3[C@@H](OC(C)=O)[C@]1(OC3(C)C)[C@@](C)(O)C[C@H](OC(=O)c1ccccc1)[C@@H]2OC(=O)c1ccccc1. The quantitative estimate of drug-likeness (QED) is 0.226. The van der Waals surface area contributed by atoms with Gasteiger partial charge in [-0.25, -0.2) is 14.4 Å². The lowest BCUT2D eigenvalue weighted by Crippen LogP contribution is -2.85. The molecule has 2 saturated carbocycles. The van der Waals surface area contributed by atoms with E-state index in [-0.39, 0.29) is 16.7 Å². The van der Waals surface area contributed by atoms with Gasteiger partial charge in [0.05, 0.1) is 33.8 Å². The molecule has 3 aliphatic rings. The first-order chi connectivity index (χ1) is 26.4. The Morgan fingerprint density at radius 3 is 1.52 bits per heavy atom. The second-order valence-corrected chi connectivity index (χ2v) is 15.1. The highest BCUT2D eigenvalue weighted by atomic mass is 16.7. The fourth-order valence-corrected chi connectivity index (χ4v) is 8.95. The topological polar surface area (TPSA) is 187 Å². The minimum absolute atomic E-state index is 0.0589. The zero-order valence-electron chi connectivity index (χ0n) is 31.8. The first-order valence-electron chi connectivity index (χ1n) is 18.1. The van der Waals surface area contributed by atoms with Crippen molar-refractivity contribution in [3.8, 4) is 0 Å². The molecular weight excluding hydrogens is 728 g/mol. The molecule has 3 fully saturated rings. The Hall–Kier alpha value is -5.60. The predicted octanol–water partition coefficient (Wildman–Crippen LogP) is 4.41. The van der Waals surface area contributed by atoms with Crippen molar-refractivity contribution < 1.29 is 67.0 Å². The maximum absolute atomic E-state index is 14.2. The van der Waals surface area contributed by atoms with Crippen molar-refractivity contribution in [2.24, 2.45) is 11.3 Å². The molecule has 1 saturated heterocycles. The van der Waals surface area contributed by atoms with E-state index in [4.69, 9.17) is 33.2 Å². The van der Waals surface area contributed by atoms with Gasteiger partial charge < -0.3 is 38.3 Å². The smallest absolute Gasteiger partial charge is 0.338 e. The second-order valence-electron chi connectivity index (χ2n) is 15.1. The van der Waals surface area contributed by atoms with Crippen molar-refractivity contribution in [2.45, 2.75) is 95.3 Å². The molecule has 3 aromatic rings. The molecule has 6 rings (SSSR count). The Morgan fingerprint density at radius 1 is 0.607 bits per heavy atom. The van der Waals surface area contributed by atoms with Crippen molar-refractivity contribution in [3.05, 3.63) is 108 Å². The highest BCUT2D eigenvalue weighted by molar-refractivity contribution is 5.91. The third-order valence-electron chi connectivity index (χ3n) is 10.9. The fourth-order valence-electron chi connectivity index (χ4n) is 8.95. The molecule has 1 aliphatic heterocycles. The molecule has 14 heteroatoms. The average molecular weight is 773 g/mol. The molecule has 2 bridgehead atoms. The van der Waals surface area contributed by atoms with Crippen LogP contribution in [0.5, 0.6) is 0 Å². The van der Waals surface area contributed by atoms with Crippen LogP contribution in [0.15, 0.2) is 91.0 Å². The summed E-state index contributed by atoms with van der Waals surface area (Å²) in [6, 6.07) is 23.6. The molecular formula is C42H44O14. The van der Waals surface area contributed by atoms with Gasteiger partial charge in [-0.1, -0.05) is 54.6 Å². The van der Waals surface area contributed by atoms with Crippen LogP contribution >= 0.6 is 0 Å². The van der Waals surface area contributed by atoms with E-state index < -0.39 is 107 Å². The zero-order valence-corrected chi connectivity index (χ0v) is 31.8. The molecule has 0 radical (unpaired) electrons. The summed E-state index contributed by atoms with van der Waals surface area (Å²) in [5, 5.41) is 13.0. The lowest BCUT2D eigenvalue weighted by molar-refractivity contribution is -0.361. The first kappa shape index (κ1) is 40.1. The van der Waals surface area contributed by atoms with E-state index in [9.17, 15) is 33.9 Å². The van der Waals surface area contributed by atoms with Gasteiger partial charge in [-0.2, -0.15) is 0 Å². The minimum Gasteiger partial charge on any atom is -0.465 e. The lowest BCUT2D eigenvalue weighted by Gasteiger charge is -2.66. The summed E-state index contributed by atoms with van der Waals surface area (Å²) in [6.45, 7) is 7.04. The molecule has 3 aromatic carbocycles. The van der Waals surface area contributed by atoms with Gasteiger partial charge in [0, 0.05) is 27.2 Å². The van der Waals surface area contributed by atoms with Gasteiger partial charge in [-0.05, 0) is 57.2 Å². The van der Waals surface area contributed by atoms with Crippen LogP contribution in [0.1, 0.15) is 79.0 Å². The number of fused-ring (bicyclic) bond motifs is 1. The number of esters is 6. The molecule has 56 heavy (non-hydrogen) atoms. The van der Waals surface area contributed by atoms with E-state index in [0.29, 0.717) is 0 Å². The van der Waals surface area contributed by atoms with E-state index in [2.05, 4.69) is 0 Å². The van der Waals surface area contributed by atoms with E-state index >= 15 is 0 Å². The molecule has 2 aliphatic carbocycles. The normalized spacial score (nSPS) is 31.1. The Morgan fingerprint density at radius 2 is 1.05 bits per heavy atom. The summed E-state index contributed by atoms with van der Waals surface area (Å²) in [5.74, 6) is -6.46. The summed E-state index contributed by atoms with van der Waals surface area (Å²) in [6.07, 6.45) is -8.85. The van der Waals surface area contributed by atoms with Crippen LogP contribution in [0, 0.1) is 11.3 Å². The maximum Gasteiger partial charge on any atom is 0.338 e. The maximum atomic E-state index is 14.2. The molecule has 0 aromatic heterocycles. The molecule has 14 nitrogen and oxygen atoms in total. The van der Waals surface area contributed by atoms with Crippen LogP contribution in [0.3, 0.4) is 0 Å². The lowest BCUT2D eigenvalue weighted by atomic mass is 9.45. The number of carbonyl (C=O) groups excluding carboxylic acids is 6. The molecule has 9 atom stereocenters. The standard InChI is InChI=1S/C42H44O14/c1-24(43)50-23-41-33(55-38(48)29-20-14-9-15-21-29)30(53-36(46)27-16-10-7-11-17-27)22-40(6,49)42(41)34(51-25(2)44)31(39(4,5)56-42)32(35(41)52-26(3)45)54-37(47)28-18-12-8-13-19-28/h7-21,30-35,49H,22-23H2,1-6H3/t30-,31+,32+,33-,34+,35-,40-,41-,42-/m0/s1. The van der Waals surface area contributed by atoms with Crippen LogP contribution in [-0.2, 0) is 47.5 Å². The van der Waals surface area contributed by atoms with Gasteiger partial charge in [-0.3, -0.25) is 14.4 Å². The van der Waals surface area contributed by atoms with E-state index in [0.717, 1.165) is 20.8 Å². The summed E-state index contributed by atoms with van der Waals surface area (Å²) in [4.78, 5) is 81.5. The van der Waals surface area contributed by atoms with Gasteiger partial charge in [0.15, 0.2) is 17.8 Å². The van der Waals surface area contributed by atoms with Crippen LogP contribution in [0.2, 0.25) is 0 Å². The Balaban J connectivity index is 1.68. The second kappa shape index (κ2) is 15.1. The number of hydrogen-bond acceptors (Lipinski definition) is 14. The Kier molecular flexibility index (Phi) is 10.8. The molecule has 1 heterocycles. The highest BCUT2D eigenvalue weighted by Crippen LogP contribution is 2.69. The molecule has 1 N–H and O–H groups in total. The van der Waals surface area contributed by atoms with Crippen molar-refractivity contribution in [3.63, 3.8) is 0 Å². The monoisotopic (exact) mass is 772 g/mol. The zero-order chi connectivity index (χ0) is 40.6. The average Bonchev–Trinajstić information content (AvgIpc) is 3.35. The van der Waals surface area contributed by atoms with Gasteiger partial charge in [0.2, 0.25) is 0 Å². The molecule has 0 amide bonds. The summed E-state index contributed by atoms with van der Waals surface area (Å²) < 4.78 is 43.8. The van der Waals surface area contributed by atoms with Crippen molar-refractivity contribution in [2.75, 3.05) is 6.61 Å². The number of carbonyl (C=O) groups is 6. The summed E-state index contributed by atoms with van der Waals surface area (Å²) in [5.41, 5.74) is -8.08. The van der Waals surface area contributed by atoms with Crippen LogP contribution in [0.25, 0.3) is 0 Å². The molecule has 296 valence electrons. The largest absolute Gasteiger partial charge is 0.465 e. The van der Waals surface area contributed by atoms with Crippen LogP contribution < -0.4 is 0 Å². The number of ether oxygens (including phenoxy) is 7. The number of aliphatic hydroxyl groups is 1. The number of rotatable bonds is 10. The van der Waals surface area contributed by atoms with Gasteiger partial charge >= 0.3 is 35.8 Å². The third-order valence-corrected chi connectivity index (χ3v) is 10.9. The van der Waals surface area contributed by atoms with Crippen LogP contribution in [0.4, 0.5) is 0 Å². The van der Waals surface area contributed by atoms with Crippen LogP contribution in [-0.4, -0.2) is 94.9 Å². The molecule has 0 unspecified atom stereocenters. The molecule has 1 spiro atoms. The number of hydrogen-bond donors (Lipinski definition) is 1. The Labute approximate surface area is 323 Å². The summed E-state index contributed by atoms with van der Waals surface area (Å²) >= 11 is 0. The number of benzene rings is 3. The van der Waals surface area contributed by atoms with Gasteiger partial charge in [0.1, 0.15) is 30.3 Å². The van der Waals surface area contributed by atoms with E-state index in [1.165, 1.54) is 43.3 Å². The van der Waals surface area contributed by atoms with Crippen molar-refractivity contribution >= 4 is 35.8 Å². The highest BCUT2D eigenvalue weighted by Gasteiger charge is 2.89. The first-order valence-corrected chi connectivity index (χ1v) is 18.1. The summed E-state index contributed by atoms with van der Waals surface area (Å²) in [7, 11) is 0. The third kappa shape index (κ3) is 6.92. The van der Waals surface area contributed by atoms with Crippen molar-refractivity contribution in [1.82, 2.24) is 0 Å². The van der Waals surface area contributed by atoms with Gasteiger partial charge in [0.25, 0.3) is 0 Å². The fraction of sp³-hybridized carbons (Fsp3) is 0.429. The van der Waals surface area contributed by atoms with E-state index in [1.807, 2.05) is 0 Å². The van der Waals surface area contributed by atoms with Crippen molar-refractivity contribution in [1.29, 1.82) is 0 Å². The predicted molar refractivity (Wildman–Crippen MR) is 194 cm³/mol. The van der Waals surface area contributed by atoms with Gasteiger partial charge in [-0.15, -0.1) is 0 Å². The van der Waals surface area contributed by atoms with E-state index in [1.54, 1.807) is 68.4 Å².